The van der Waals surface area contributed by atoms with Crippen LogP contribution in [0.25, 0.3) is 0 Å². The second-order valence-corrected chi connectivity index (χ2v) is 5.58. The molecule has 1 saturated heterocycles. The summed E-state index contributed by atoms with van der Waals surface area (Å²) in [5, 5.41) is 0. The molecule has 3 rings (SSSR count). The maximum absolute atomic E-state index is 6.23. The second-order valence-electron chi connectivity index (χ2n) is 5.58. The molecule has 2 aliphatic rings. The third kappa shape index (κ3) is 2.24. The fraction of sp³-hybridized carbons (Fsp3) is 0.600. The molecule has 2 nitrogen and oxygen atoms in total. The minimum atomic E-state index is 0.417. The van der Waals surface area contributed by atoms with Crippen LogP contribution in [0.15, 0.2) is 30.3 Å². The molecular formula is C15H22N2. The van der Waals surface area contributed by atoms with E-state index in [4.69, 9.17) is 5.73 Å². The lowest BCUT2D eigenvalue weighted by Crippen LogP contribution is -2.57. The Morgan fingerprint density at radius 3 is 2.41 bits per heavy atom. The van der Waals surface area contributed by atoms with Crippen LogP contribution in [0.1, 0.15) is 37.2 Å². The Bertz CT molecular complexity index is 356. The molecule has 2 N–H and O–H groups in total. The Balaban J connectivity index is 1.57. The van der Waals surface area contributed by atoms with Gasteiger partial charge in [0.25, 0.3) is 0 Å². The van der Waals surface area contributed by atoms with E-state index in [1.165, 1.54) is 44.3 Å². The van der Waals surface area contributed by atoms with Crippen LogP contribution in [0, 0.1) is 0 Å². The molecule has 2 fully saturated rings. The number of hydrogen-bond donors (Lipinski definition) is 1. The first-order valence-electron chi connectivity index (χ1n) is 6.89. The van der Waals surface area contributed by atoms with Crippen molar-refractivity contribution < 1.29 is 0 Å². The normalized spacial score (nSPS) is 31.1. The van der Waals surface area contributed by atoms with E-state index in [2.05, 4.69) is 35.2 Å². The molecule has 1 aromatic carbocycles. The summed E-state index contributed by atoms with van der Waals surface area (Å²) in [6.07, 6.45) is 5.22. The van der Waals surface area contributed by atoms with Gasteiger partial charge < -0.3 is 5.73 Å². The Kier molecular flexibility index (Phi) is 3.17. The van der Waals surface area contributed by atoms with Crippen LogP contribution >= 0.6 is 0 Å². The van der Waals surface area contributed by atoms with Crippen molar-refractivity contribution in [1.82, 2.24) is 4.90 Å². The molecule has 0 radical (unpaired) electrons. The monoisotopic (exact) mass is 230 g/mol. The molecule has 0 bridgehead atoms. The summed E-state index contributed by atoms with van der Waals surface area (Å²) in [5.74, 6) is 0.741. The number of hydrogen-bond acceptors (Lipinski definition) is 2. The zero-order chi connectivity index (χ0) is 11.7. The van der Waals surface area contributed by atoms with Crippen molar-refractivity contribution in [2.24, 2.45) is 5.73 Å². The van der Waals surface area contributed by atoms with Gasteiger partial charge in [0, 0.05) is 31.1 Å². The van der Waals surface area contributed by atoms with Crippen LogP contribution in [-0.4, -0.2) is 30.1 Å². The van der Waals surface area contributed by atoms with E-state index < -0.39 is 0 Å². The Hall–Kier alpha value is -0.860. The first kappa shape index (κ1) is 11.2. The highest BCUT2D eigenvalue weighted by molar-refractivity contribution is 5.23. The maximum atomic E-state index is 6.23. The molecule has 0 aromatic heterocycles. The van der Waals surface area contributed by atoms with Gasteiger partial charge in [0.2, 0.25) is 0 Å². The van der Waals surface area contributed by atoms with Gasteiger partial charge in [-0.3, -0.25) is 4.90 Å². The molecular weight excluding hydrogens is 208 g/mol. The third-order valence-electron chi connectivity index (χ3n) is 4.43. The molecule has 2 atom stereocenters. The van der Waals surface area contributed by atoms with Crippen LogP contribution in [0.4, 0.5) is 0 Å². The average Bonchev–Trinajstić information content (AvgIpc) is 2.31. The van der Waals surface area contributed by atoms with E-state index in [0.717, 1.165) is 5.92 Å². The van der Waals surface area contributed by atoms with Gasteiger partial charge in [0.15, 0.2) is 0 Å². The molecule has 0 amide bonds. The van der Waals surface area contributed by atoms with Crippen LogP contribution in [0.5, 0.6) is 0 Å². The highest BCUT2D eigenvalue weighted by Crippen LogP contribution is 2.32. The van der Waals surface area contributed by atoms with Crippen LogP contribution in [0.2, 0.25) is 0 Å². The van der Waals surface area contributed by atoms with Crippen LogP contribution < -0.4 is 5.73 Å². The molecule has 17 heavy (non-hydrogen) atoms. The topological polar surface area (TPSA) is 29.3 Å². The molecule has 2 heteroatoms. The lowest BCUT2D eigenvalue weighted by Gasteiger charge is -2.48. The highest BCUT2D eigenvalue weighted by Gasteiger charge is 2.36. The van der Waals surface area contributed by atoms with Gasteiger partial charge >= 0.3 is 0 Å². The molecule has 0 spiro atoms. The van der Waals surface area contributed by atoms with Gasteiger partial charge in [-0.15, -0.1) is 0 Å². The quantitative estimate of drug-likeness (QED) is 0.845. The van der Waals surface area contributed by atoms with E-state index in [1.54, 1.807) is 0 Å². The molecule has 1 aliphatic carbocycles. The zero-order valence-electron chi connectivity index (χ0n) is 10.4. The van der Waals surface area contributed by atoms with E-state index in [1.807, 2.05) is 0 Å². The van der Waals surface area contributed by atoms with E-state index >= 15 is 0 Å². The van der Waals surface area contributed by atoms with Crippen molar-refractivity contribution in [2.45, 2.75) is 43.7 Å². The van der Waals surface area contributed by atoms with E-state index in [0.29, 0.717) is 12.1 Å². The summed E-state index contributed by atoms with van der Waals surface area (Å²) >= 11 is 0. The van der Waals surface area contributed by atoms with Gasteiger partial charge in [0.1, 0.15) is 0 Å². The van der Waals surface area contributed by atoms with Gasteiger partial charge in [-0.05, 0) is 18.4 Å². The summed E-state index contributed by atoms with van der Waals surface area (Å²) in [4.78, 5) is 2.60. The molecule has 92 valence electrons. The molecule has 1 aliphatic heterocycles. The highest BCUT2D eigenvalue weighted by atomic mass is 15.2. The molecule has 1 heterocycles. The van der Waals surface area contributed by atoms with Gasteiger partial charge in [-0.1, -0.05) is 43.2 Å². The third-order valence-corrected chi connectivity index (χ3v) is 4.43. The number of likely N-dealkylation sites (tertiary alicyclic amines) is 1. The molecule has 1 aromatic rings. The first-order chi connectivity index (χ1) is 8.34. The summed E-state index contributed by atoms with van der Waals surface area (Å²) in [6.45, 7) is 2.42. The minimum absolute atomic E-state index is 0.417. The average molecular weight is 230 g/mol. The summed E-state index contributed by atoms with van der Waals surface area (Å²) in [6, 6.07) is 12.0. The lowest BCUT2D eigenvalue weighted by atomic mass is 9.84. The Morgan fingerprint density at radius 2 is 1.71 bits per heavy atom. The zero-order valence-corrected chi connectivity index (χ0v) is 10.4. The Morgan fingerprint density at radius 1 is 1.00 bits per heavy atom. The lowest BCUT2D eigenvalue weighted by molar-refractivity contribution is 0.0573. The number of nitrogens with zero attached hydrogens (tertiary/aromatic N) is 1. The largest absolute Gasteiger partial charge is 0.326 e. The van der Waals surface area contributed by atoms with Crippen LogP contribution in [-0.2, 0) is 0 Å². The Labute approximate surface area is 104 Å². The predicted molar refractivity (Wildman–Crippen MR) is 71.0 cm³/mol. The summed E-state index contributed by atoms with van der Waals surface area (Å²) < 4.78 is 0. The fourth-order valence-corrected chi connectivity index (χ4v) is 3.31. The summed E-state index contributed by atoms with van der Waals surface area (Å²) in [5.41, 5.74) is 7.73. The molecule has 1 saturated carbocycles. The van der Waals surface area contributed by atoms with Gasteiger partial charge in [0.05, 0.1) is 0 Å². The van der Waals surface area contributed by atoms with Crippen molar-refractivity contribution in [3.8, 4) is 0 Å². The predicted octanol–water partition coefficient (Wildman–Crippen LogP) is 2.36. The van der Waals surface area contributed by atoms with Crippen LogP contribution in [0.3, 0.4) is 0 Å². The maximum Gasteiger partial charge on any atom is 0.0247 e. The van der Waals surface area contributed by atoms with Gasteiger partial charge in [-0.2, -0.15) is 0 Å². The summed E-state index contributed by atoms with van der Waals surface area (Å²) in [7, 11) is 0. The van der Waals surface area contributed by atoms with Crippen molar-refractivity contribution in [1.29, 1.82) is 0 Å². The molecule has 0 unspecified atom stereocenters. The smallest absolute Gasteiger partial charge is 0.0247 e. The minimum Gasteiger partial charge on any atom is -0.326 e. The number of benzene rings is 1. The first-order valence-corrected chi connectivity index (χ1v) is 6.89. The van der Waals surface area contributed by atoms with E-state index in [-0.39, 0.29) is 0 Å². The number of rotatable bonds is 2. The van der Waals surface area contributed by atoms with Crippen molar-refractivity contribution in [3.63, 3.8) is 0 Å². The van der Waals surface area contributed by atoms with Gasteiger partial charge in [-0.25, -0.2) is 0 Å². The number of nitrogens with two attached hydrogens (primary N) is 1. The van der Waals surface area contributed by atoms with E-state index in [9.17, 15) is 0 Å². The fourth-order valence-electron chi connectivity index (χ4n) is 3.31. The SMILES string of the molecule is N[C@@H]1CCCC[C@H]1N1CC(c2ccccc2)C1. The van der Waals surface area contributed by atoms with Crippen molar-refractivity contribution in [3.05, 3.63) is 35.9 Å². The standard InChI is InChI=1S/C15H22N2/c16-14-8-4-5-9-15(14)17-10-13(11-17)12-6-2-1-3-7-12/h1-3,6-7,13-15H,4-5,8-11,16H2/t14-,15-/m1/s1. The second kappa shape index (κ2) is 4.79. The van der Waals surface area contributed by atoms with Crippen molar-refractivity contribution >= 4 is 0 Å². The van der Waals surface area contributed by atoms with Crippen molar-refractivity contribution in [2.75, 3.05) is 13.1 Å².